The van der Waals surface area contributed by atoms with E-state index in [0.29, 0.717) is 25.7 Å². The monoisotopic (exact) mass is 382 g/mol. The first-order valence-electron chi connectivity index (χ1n) is 10.1. The number of ether oxygens (including phenoxy) is 2. The molecule has 0 aliphatic carbocycles. The molecule has 1 unspecified atom stereocenters. The van der Waals surface area contributed by atoms with Crippen LogP contribution in [0.2, 0.25) is 0 Å². The molecule has 0 radical (unpaired) electrons. The molecule has 2 fully saturated rings. The molecular formula is C20H26N6O2. The van der Waals surface area contributed by atoms with Crippen LogP contribution in [0.3, 0.4) is 0 Å². The van der Waals surface area contributed by atoms with Crippen molar-refractivity contribution in [1.29, 1.82) is 0 Å². The molecule has 0 saturated carbocycles. The Bertz CT molecular complexity index is 806. The van der Waals surface area contributed by atoms with Crippen molar-refractivity contribution < 1.29 is 9.47 Å². The van der Waals surface area contributed by atoms with E-state index in [1.54, 1.807) is 6.20 Å². The van der Waals surface area contributed by atoms with Crippen molar-refractivity contribution >= 4 is 17.5 Å². The normalized spacial score (nSPS) is 21.8. The molecule has 8 heteroatoms. The van der Waals surface area contributed by atoms with Crippen LogP contribution in [0.25, 0.3) is 0 Å². The van der Waals surface area contributed by atoms with E-state index < -0.39 is 0 Å². The Balaban J connectivity index is 1.47. The van der Waals surface area contributed by atoms with Crippen LogP contribution >= 0.6 is 0 Å². The summed E-state index contributed by atoms with van der Waals surface area (Å²) in [5.74, 6) is 2.97. The number of anilines is 3. The largest absolute Gasteiger partial charge is 0.477 e. The number of morpholine rings is 1. The molecule has 5 rings (SSSR count). The highest BCUT2D eigenvalue weighted by Crippen LogP contribution is 2.38. The number of pyridine rings is 1. The van der Waals surface area contributed by atoms with Crippen LogP contribution in [-0.4, -0.2) is 67.5 Å². The highest BCUT2D eigenvalue weighted by atomic mass is 16.5. The average molecular weight is 382 g/mol. The first kappa shape index (κ1) is 17.6. The molecule has 3 aliphatic rings. The lowest BCUT2D eigenvalue weighted by atomic mass is 10.1. The Kier molecular flexibility index (Phi) is 4.97. The third-order valence-electron chi connectivity index (χ3n) is 5.65. The fraction of sp³-hybridized carbons (Fsp3) is 0.550. The minimum atomic E-state index is 0.549. The number of hydrogen-bond donors (Lipinski definition) is 1. The van der Waals surface area contributed by atoms with E-state index in [9.17, 15) is 0 Å². The number of fused-ring (bicyclic) bond motifs is 1. The molecule has 1 atom stereocenters. The minimum absolute atomic E-state index is 0.549. The van der Waals surface area contributed by atoms with Crippen LogP contribution in [-0.2, 0) is 11.2 Å². The molecule has 2 aromatic heterocycles. The summed E-state index contributed by atoms with van der Waals surface area (Å²) in [6.07, 6.45) is 5.72. The van der Waals surface area contributed by atoms with Gasteiger partial charge in [0.15, 0.2) is 0 Å². The standard InChI is InChI=1S/C20H26N6O2/c1-2-16(13-21-5-1)26-7-4-17-18(26)23-20(25-8-10-27-11-9-25)24-19(17)28-14-15-3-6-22-12-15/h1-2,5,13,15,22H,3-4,6-12,14H2. The van der Waals surface area contributed by atoms with Gasteiger partial charge in [0.1, 0.15) is 5.82 Å². The zero-order chi connectivity index (χ0) is 18.8. The van der Waals surface area contributed by atoms with Gasteiger partial charge in [0.05, 0.1) is 37.3 Å². The van der Waals surface area contributed by atoms with Gasteiger partial charge in [0, 0.05) is 38.3 Å². The number of rotatable bonds is 5. The lowest BCUT2D eigenvalue weighted by Gasteiger charge is -2.28. The molecule has 0 aromatic carbocycles. The molecule has 8 nitrogen and oxygen atoms in total. The molecular weight excluding hydrogens is 356 g/mol. The van der Waals surface area contributed by atoms with Gasteiger partial charge in [-0.05, 0) is 31.5 Å². The maximum Gasteiger partial charge on any atom is 0.230 e. The summed E-state index contributed by atoms with van der Waals surface area (Å²) in [6.45, 7) is 6.67. The van der Waals surface area contributed by atoms with E-state index in [0.717, 1.165) is 74.5 Å². The Labute approximate surface area is 164 Å². The summed E-state index contributed by atoms with van der Waals surface area (Å²) >= 11 is 0. The van der Waals surface area contributed by atoms with Crippen molar-refractivity contribution in [3.8, 4) is 5.88 Å². The second-order valence-corrected chi connectivity index (χ2v) is 7.51. The minimum Gasteiger partial charge on any atom is -0.477 e. The third-order valence-corrected chi connectivity index (χ3v) is 5.65. The van der Waals surface area contributed by atoms with Crippen molar-refractivity contribution in [2.45, 2.75) is 12.8 Å². The molecule has 148 valence electrons. The molecule has 3 aliphatic heterocycles. The van der Waals surface area contributed by atoms with Gasteiger partial charge in [-0.1, -0.05) is 0 Å². The summed E-state index contributed by atoms with van der Waals surface area (Å²) in [4.78, 5) is 18.5. The van der Waals surface area contributed by atoms with E-state index in [-0.39, 0.29) is 0 Å². The van der Waals surface area contributed by atoms with Crippen LogP contribution in [0.15, 0.2) is 24.5 Å². The van der Waals surface area contributed by atoms with Gasteiger partial charge in [0.25, 0.3) is 0 Å². The second-order valence-electron chi connectivity index (χ2n) is 7.51. The molecule has 5 heterocycles. The van der Waals surface area contributed by atoms with Gasteiger partial charge in [-0.2, -0.15) is 9.97 Å². The molecule has 2 saturated heterocycles. The van der Waals surface area contributed by atoms with Crippen molar-refractivity contribution in [1.82, 2.24) is 20.3 Å². The van der Waals surface area contributed by atoms with E-state index in [2.05, 4.69) is 26.2 Å². The number of hydrogen-bond acceptors (Lipinski definition) is 8. The average Bonchev–Trinajstić information content (AvgIpc) is 3.43. The lowest BCUT2D eigenvalue weighted by Crippen LogP contribution is -2.37. The predicted octanol–water partition coefficient (Wildman–Crippen LogP) is 1.39. The third kappa shape index (κ3) is 3.49. The second kappa shape index (κ2) is 7.89. The van der Waals surface area contributed by atoms with Gasteiger partial charge in [-0.3, -0.25) is 4.98 Å². The smallest absolute Gasteiger partial charge is 0.230 e. The zero-order valence-electron chi connectivity index (χ0n) is 16.0. The maximum absolute atomic E-state index is 6.26. The quantitative estimate of drug-likeness (QED) is 0.832. The molecule has 2 aromatic rings. The van der Waals surface area contributed by atoms with E-state index in [1.165, 1.54) is 0 Å². The Morgan fingerprint density at radius 1 is 1.21 bits per heavy atom. The number of nitrogens with zero attached hydrogens (tertiary/aromatic N) is 5. The molecule has 0 spiro atoms. The Hall–Kier alpha value is -2.45. The Morgan fingerprint density at radius 2 is 2.14 bits per heavy atom. The summed E-state index contributed by atoms with van der Waals surface area (Å²) in [7, 11) is 0. The number of aromatic nitrogens is 3. The Morgan fingerprint density at radius 3 is 2.93 bits per heavy atom. The van der Waals surface area contributed by atoms with Crippen LogP contribution in [0.1, 0.15) is 12.0 Å². The molecule has 0 amide bonds. The number of nitrogens with one attached hydrogen (secondary N) is 1. The summed E-state index contributed by atoms with van der Waals surface area (Å²) in [5.41, 5.74) is 2.16. The lowest BCUT2D eigenvalue weighted by molar-refractivity contribution is 0.122. The highest BCUT2D eigenvalue weighted by Gasteiger charge is 2.30. The zero-order valence-corrected chi connectivity index (χ0v) is 16.0. The van der Waals surface area contributed by atoms with Crippen LogP contribution in [0, 0.1) is 5.92 Å². The van der Waals surface area contributed by atoms with Crippen molar-refractivity contribution in [3.05, 3.63) is 30.1 Å². The first-order chi connectivity index (χ1) is 13.9. The summed E-state index contributed by atoms with van der Waals surface area (Å²) in [5, 5.41) is 3.40. The van der Waals surface area contributed by atoms with Crippen LogP contribution in [0.4, 0.5) is 17.5 Å². The molecule has 28 heavy (non-hydrogen) atoms. The van der Waals surface area contributed by atoms with Crippen LogP contribution in [0.5, 0.6) is 5.88 Å². The first-order valence-corrected chi connectivity index (χ1v) is 10.1. The predicted molar refractivity (Wildman–Crippen MR) is 106 cm³/mol. The summed E-state index contributed by atoms with van der Waals surface area (Å²) < 4.78 is 11.8. The maximum atomic E-state index is 6.26. The van der Waals surface area contributed by atoms with E-state index in [1.807, 2.05) is 12.3 Å². The van der Waals surface area contributed by atoms with Gasteiger partial charge < -0.3 is 24.6 Å². The molecule has 1 N–H and O–H groups in total. The van der Waals surface area contributed by atoms with Gasteiger partial charge in [-0.15, -0.1) is 0 Å². The van der Waals surface area contributed by atoms with E-state index >= 15 is 0 Å². The fourth-order valence-corrected chi connectivity index (χ4v) is 4.06. The van der Waals surface area contributed by atoms with Gasteiger partial charge in [-0.25, -0.2) is 0 Å². The van der Waals surface area contributed by atoms with Crippen molar-refractivity contribution in [3.63, 3.8) is 0 Å². The van der Waals surface area contributed by atoms with Gasteiger partial charge in [0.2, 0.25) is 11.8 Å². The van der Waals surface area contributed by atoms with Crippen LogP contribution < -0.4 is 19.9 Å². The summed E-state index contributed by atoms with van der Waals surface area (Å²) in [6, 6.07) is 4.03. The fourth-order valence-electron chi connectivity index (χ4n) is 4.06. The van der Waals surface area contributed by atoms with Gasteiger partial charge >= 0.3 is 0 Å². The molecule has 0 bridgehead atoms. The SMILES string of the molecule is c1cncc(N2CCc3c(OCC4CCNC4)nc(N4CCOCC4)nc32)c1. The topological polar surface area (TPSA) is 75.6 Å². The van der Waals surface area contributed by atoms with Crippen molar-refractivity contribution in [2.24, 2.45) is 5.92 Å². The highest BCUT2D eigenvalue weighted by molar-refractivity contribution is 5.69. The van der Waals surface area contributed by atoms with Crippen molar-refractivity contribution in [2.75, 3.05) is 62.3 Å². The van der Waals surface area contributed by atoms with E-state index in [4.69, 9.17) is 19.4 Å².